The summed E-state index contributed by atoms with van der Waals surface area (Å²) in [5.74, 6) is 0.231. The van der Waals surface area contributed by atoms with E-state index in [1.54, 1.807) is 53.6 Å². The van der Waals surface area contributed by atoms with E-state index >= 15 is 0 Å². The van der Waals surface area contributed by atoms with Gasteiger partial charge in [-0.15, -0.1) is 6.58 Å². The van der Waals surface area contributed by atoms with Gasteiger partial charge in [-0.05, 0) is 41.0 Å². The van der Waals surface area contributed by atoms with E-state index in [-0.39, 0.29) is 11.8 Å². The summed E-state index contributed by atoms with van der Waals surface area (Å²) in [6, 6.07) is 18.5. The van der Waals surface area contributed by atoms with Crippen LogP contribution in [0.15, 0.2) is 85.7 Å². The van der Waals surface area contributed by atoms with Crippen molar-refractivity contribution in [3.8, 4) is 16.9 Å². The molecule has 1 fully saturated rings. The van der Waals surface area contributed by atoms with Gasteiger partial charge in [-0.2, -0.15) is 0 Å². The van der Waals surface area contributed by atoms with Crippen LogP contribution in [-0.2, 0) is 11.2 Å². The number of hydrogen-bond donors (Lipinski definition) is 0. The first-order valence-electron chi connectivity index (χ1n) is 11.0. The highest BCUT2D eigenvalue weighted by Gasteiger charge is 2.38. The van der Waals surface area contributed by atoms with Gasteiger partial charge < -0.3 is 14.5 Å². The number of para-hydroxylation sites is 1. The van der Waals surface area contributed by atoms with Crippen molar-refractivity contribution < 1.29 is 14.3 Å². The van der Waals surface area contributed by atoms with Crippen LogP contribution in [-0.4, -0.2) is 59.4 Å². The predicted molar refractivity (Wildman–Crippen MR) is 128 cm³/mol. The molecule has 2 aromatic carbocycles. The number of pyridine rings is 1. The van der Waals surface area contributed by atoms with Gasteiger partial charge in [0, 0.05) is 38.4 Å². The van der Waals surface area contributed by atoms with Crippen LogP contribution in [0.2, 0.25) is 0 Å². The van der Waals surface area contributed by atoms with E-state index in [0.29, 0.717) is 37.4 Å². The number of methoxy groups -OCH3 is 1. The summed E-state index contributed by atoms with van der Waals surface area (Å²) in [6.45, 7) is 5.15. The molecule has 0 saturated carbocycles. The smallest absolute Gasteiger partial charge is 0.258 e. The monoisotopic (exact) mass is 441 g/mol. The first-order valence-corrected chi connectivity index (χ1v) is 11.0. The fourth-order valence-corrected chi connectivity index (χ4v) is 4.24. The van der Waals surface area contributed by atoms with Gasteiger partial charge >= 0.3 is 0 Å². The first kappa shape index (κ1) is 22.3. The van der Waals surface area contributed by atoms with Crippen LogP contribution in [0.1, 0.15) is 15.9 Å². The lowest BCUT2D eigenvalue weighted by molar-refractivity contribution is -0.139. The minimum absolute atomic E-state index is 0.0706. The van der Waals surface area contributed by atoms with Gasteiger partial charge in [-0.25, -0.2) is 0 Å². The van der Waals surface area contributed by atoms with Crippen LogP contribution in [0, 0.1) is 0 Å². The maximum Gasteiger partial charge on any atom is 0.258 e. The van der Waals surface area contributed by atoms with Gasteiger partial charge in [-0.3, -0.25) is 14.6 Å². The molecule has 1 aromatic heterocycles. The SMILES string of the molecule is C=CCN1CCN(C(=O)c2ccccc2OC)[C@@H](Cc2cccc(-c3ccncc3)c2)C1=O. The molecular formula is C27H27N3O3. The zero-order chi connectivity index (χ0) is 23.2. The molecule has 1 aliphatic rings. The molecule has 4 rings (SSSR count). The average molecular weight is 442 g/mol. The van der Waals surface area contributed by atoms with Crippen molar-refractivity contribution in [3.63, 3.8) is 0 Å². The third kappa shape index (κ3) is 4.80. The second kappa shape index (κ2) is 10.1. The molecule has 2 amide bonds. The van der Waals surface area contributed by atoms with E-state index < -0.39 is 6.04 Å². The lowest BCUT2D eigenvalue weighted by atomic mass is 9.97. The van der Waals surface area contributed by atoms with Crippen LogP contribution in [0.3, 0.4) is 0 Å². The van der Waals surface area contributed by atoms with Crippen molar-refractivity contribution in [2.45, 2.75) is 12.5 Å². The molecule has 2 heterocycles. The van der Waals surface area contributed by atoms with Crippen molar-refractivity contribution in [2.24, 2.45) is 0 Å². The topological polar surface area (TPSA) is 62.7 Å². The number of nitrogens with zero attached hydrogens (tertiary/aromatic N) is 3. The summed E-state index contributed by atoms with van der Waals surface area (Å²) in [4.78, 5) is 34.5. The van der Waals surface area contributed by atoms with Crippen molar-refractivity contribution in [3.05, 3.63) is 96.8 Å². The Labute approximate surface area is 194 Å². The molecule has 168 valence electrons. The average Bonchev–Trinajstić information content (AvgIpc) is 2.87. The molecule has 33 heavy (non-hydrogen) atoms. The van der Waals surface area contributed by atoms with Crippen LogP contribution < -0.4 is 4.74 Å². The normalized spacial score (nSPS) is 15.9. The predicted octanol–water partition coefficient (Wildman–Crippen LogP) is 3.84. The number of ether oxygens (including phenoxy) is 1. The minimum Gasteiger partial charge on any atom is -0.496 e. The Morgan fingerprint density at radius 2 is 1.88 bits per heavy atom. The summed E-state index contributed by atoms with van der Waals surface area (Å²) < 4.78 is 5.40. The van der Waals surface area contributed by atoms with Crippen molar-refractivity contribution in [1.82, 2.24) is 14.8 Å². The lowest BCUT2D eigenvalue weighted by Gasteiger charge is -2.40. The zero-order valence-electron chi connectivity index (χ0n) is 18.7. The summed E-state index contributed by atoms with van der Waals surface area (Å²) in [5.41, 5.74) is 3.54. The Morgan fingerprint density at radius 3 is 2.64 bits per heavy atom. The fourth-order valence-electron chi connectivity index (χ4n) is 4.24. The van der Waals surface area contributed by atoms with Gasteiger partial charge in [0.15, 0.2) is 0 Å². The molecule has 0 spiro atoms. The summed E-state index contributed by atoms with van der Waals surface area (Å²) >= 11 is 0. The molecule has 0 bridgehead atoms. The Bertz CT molecular complexity index is 1150. The lowest BCUT2D eigenvalue weighted by Crippen LogP contribution is -2.59. The summed E-state index contributed by atoms with van der Waals surface area (Å²) in [6.07, 6.45) is 5.66. The van der Waals surface area contributed by atoms with Crippen LogP contribution in [0.4, 0.5) is 0 Å². The maximum atomic E-state index is 13.5. The van der Waals surface area contributed by atoms with Crippen LogP contribution >= 0.6 is 0 Å². The third-order valence-corrected chi connectivity index (χ3v) is 5.90. The Hall–Kier alpha value is -3.93. The van der Waals surface area contributed by atoms with E-state index in [9.17, 15) is 9.59 Å². The highest BCUT2D eigenvalue weighted by atomic mass is 16.5. The number of rotatable bonds is 7. The molecule has 6 heteroatoms. The molecular weight excluding hydrogens is 414 g/mol. The van der Waals surface area contributed by atoms with E-state index in [0.717, 1.165) is 16.7 Å². The number of hydrogen-bond acceptors (Lipinski definition) is 4. The van der Waals surface area contributed by atoms with Crippen molar-refractivity contribution in [1.29, 1.82) is 0 Å². The molecule has 0 unspecified atom stereocenters. The van der Waals surface area contributed by atoms with Gasteiger partial charge in [0.1, 0.15) is 11.8 Å². The Morgan fingerprint density at radius 1 is 1.09 bits per heavy atom. The molecule has 3 aromatic rings. The van der Waals surface area contributed by atoms with E-state index in [2.05, 4.69) is 17.6 Å². The largest absolute Gasteiger partial charge is 0.496 e. The molecule has 0 aliphatic carbocycles. The number of carbonyl (C=O) groups excluding carboxylic acids is 2. The highest BCUT2D eigenvalue weighted by Crippen LogP contribution is 2.26. The Balaban J connectivity index is 1.66. The Kier molecular flexibility index (Phi) is 6.83. The van der Waals surface area contributed by atoms with Crippen molar-refractivity contribution >= 4 is 11.8 Å². The number of carbonyl (C=O) groups is 2. The van der Waals surface area contributed by atoms with Crippen LogP contribution in [0.5, 0.6) is 5.75 Å². The number of aromatic nitrogens is 1. The summed E-state index contributed by atoms with van der Waals surface area (Å²) in [7, 11) is 1.54. The van der Waals surface area contributed by atoms with E-state index in [1.165, 1.54) is 0 Å². The summed E-state index contributed by atoms with van der Waals surface area (Å²) in [5, 5.41) is 0. The molecule has 1 atom stereocenters. The minimum atomic E-state index is -0.608. The van der Waals surface area contributed by atoms with Crippen LogP contribution in [0.25, 0.3) is 11.1 Å². The fraction of sp³-hybridized carbons (Fsp3) is 0.222. The van der Waals surface area contributed by atoms with E-state index in [1.807, 2.05) is 36.4 Å². The number of benzene rings is 2. The van der Waals surface area contributed by atoms with Gasteiger partial charge in [0.2, 0.25) is 5.91 Å². The highest BCUT2D eigenvalue weighted by molar-refractivity contribution is 6.00. The quantitative estimate of drug-likeness (QED) is 0.523. The van der Waals surface area contributed by atoms with Gasteiger partial charge in [0.25, 0.3) is 5.91 Å². The molecule has 1 saturated heterocycles. The van der Waals surface area contributed by atoms with Gasteiger partial charge in [0.05, 0.1) is 12.7 Å². The molecule has 1 aliphatic heterocycles. The first-order chi connectivity index (χ1) is 16.1. The second-order valence-electron chi connectivity index (χ2n) is 7.93. The standard InChI is InChI=1S/C27H27N3O3/c1-3-15-29-16-17-30(26(31)23-9-4-5-10-25(23)33-2)24(27(29)32)19-20-7-6-8-22(18-20)21-11-13-28-14-12-21/h3-14,18,24H,1,15-17,19H2,2H3/t24-/m0/s1. The number of amides is 2. The number of piperazine rings is 1. The van der Waals surface area contributed by atoms with Crippen molar-refractivity contribution in [2.75, 3.05) is 26.7 Å². The second-order valence-corrected chi connectivity index (χ2v) is 7.93. The zero-order valence-corrected chi connectivity index (χ0v) is 18.7. The molecule has 6 nitrogen and oxygen atoms in total. The third-order valence-electron chi connectivity index (χ3n) is 5.90. The molecule has 0 radical (unpaired) electrons. The molecule has 0 N–H and O–H groups in total. The maximum absolute atomic E-state index is 13.5. The van der Waals surface area contributed by atoms with Gasteiger partial charge in [-0.1, -0.05) is 42.5 Å². The van der Waals surface area contributed by atoms with E-state index in [4.69, 9.17) is 4.74 Å².